The van der Waals surface area contributed by atoms with Crippen molar-refractivity contribution in [2.24, 2.45) is 0 Å². The van der Waals surface area contributed by atoms with Crippen LogP contribution in [0.25, 0.3) is 0 Å². The number of rotatable bonds is 3. The number of thiazole rings is 1. The van der Waals surface area contributed by atoms with Crippen LogP contribution in [0.15, 0.2) is 11.6 Å². The van der Waals surface area contributed by atoms with Gasteiger partial charge in [0.1, 0.15) is 21.8 Å². The number of anilines is 1. The van der Waals surface area contributed by atoms with Gasteiger partial charge in [0.25, 0.3) is 0 Å². The molecule has 0 spiro atoms. The predicted molar refractivity (Wildman–Crippen MR) is 75.3 cm³/mol. The van der Waals surface area contributed by atoms with Gasteiger partial charge >= 0.3 is 0 Å². The lowest BCUT2D eigenvalue weighted by molar-refractivity contribution is 0.599. The summed E-state index contributed by atoms with van der Waals surface area (Å²) in [6.07, 6.45) is 1.80. The Morgan fingerprint density at radius 1 is 1.28 bits per heavy atom. The lowest BCUT2D eigenvalue weighted by Crippen LogP contribution is -2.29. The van der Waals surface area contributed by atoms with Crippen molar-refractivity contribution in [2.75, 3.05) is 5.32 Å². The largest absolute Gasteiger partial charge is 0.358 e. The molecule has 0 saturated heterocycles. The van der Waals surface area contributed by atoms with E-state index in [9.17, 15) is 0 Å². The fraction of sp³-hybridized carbons (Fsp3) is 0.417. The van der Waals surface area contributed by atoms with Crippen LogP contribution >= 0.6 is 22.9 Å². The van der Waals surface area contributed by atoms with Crippen molar-refractivity contribution in [1.82, 2.24) is 15.0 Å². The zero-order valence-electron chi connectivity index (χ0n) is 10.8. The molecule has 2 heterocycles. The molecule has 96 valence electrons. The zero-order valence-corrected chi connectivity index (χ0v) is 12.4. The van der Waals surface area contributed by atoms with Crippen LogP contribution in [-0.4, -0.2) is 15.0 Å². The maximum absolute atomic E-state index is 6.07. The Morgan fingerprint density at radius 2 is 2.00 bits per heavy atom. The van der Waals surface area contributed by atoms with Gasteiger partial charge < -0.3 is 5.32 Å². The molecule has 0 radical (unpaired) electrons. The van der Waals surface area contributed by atoms with Crippen molar-refractivity contribution < 1.29 is 0 Å². The van der Waals surface area contributed by atoms with E-state index in [1.165, 1.54) is 0 Å². The minimum Gasteiger partial charge on any atom is -0.358 e. The fourth-order valence-corrected chi connectivity index (χ4v) is 2.53. The third-order valence-electron chi connectivity index (χ3n) is 2.60. The first-order chi connectivity index (χ1) is 8.40. The van der Waals surface area contributed by atoms with Gasteiger partial charge in [-0.05, 0) is 27.7 Å². The molecule has 0 saturated carbocycles. The summed E-state index contributed by atoms with van der Waals surface area (Å²) in [6, 6.07) is 0. The van der Waals surface area contributed by atoms with Gasteiger partial charge in [-0.15, -0.1) is 11.3 Å². The van der Waals surface area contributed by atoms with E-state index in [0.29, 0.717) is 11.0 Å². The van der Waals surface area contributed by atoms with Crippen LogP contribution in [0.2, 0.25) is 5.15 Å². The lowest BCUT2D eigenvalue weighted by Gasteiger charge is -2.25. The van der Waals surface area contributed by atoms with Crippen LogP contribution < -0.4 is 5.32 Å². The minimum atomic E-state index is -0.289. The Labute approximate surface area is 115 Å². The second-order valence-corrected chi connectivity index (χ2v) is 5.88. The van der Waals surface area contributed by atoms with Gasteiger partial charge in [-0.3, -0.25) is 0 Å². The smallest absolute Gasteiger partial charge is 0.137 e. The van der Waals surface area contributed by atoms with E-state index in [1.54, 1.807) is 17.5 Å². The maximum Gasteiger partial charge on any atom is 0.137 e. The van der Waals surface area contributed by atoms with Crippen LogP contribution in [0, 0.1) is 13.8 Å². The number of nitrogens with zero attached hydrogens (tertiary/aromatic N) is 3. The molecule has 6 heteroatoms. The standard InChI is InChI=1S/C12H15ClN4S/c1-7-9(13)15-8(2)16-10(7)17-12(3,4)11-14-5-6-18-11/h5-6H,1-4H3,(H,15,16,17). The first-order valence-electron chi connectivity index (χ1n) is 5.59. The van der Waals surface area contributed by atoms with E-state index < -0.39 is 0 Å². The minimum absolute atomic E-state index is 0.289. The summed E-state index contributed by atoms with van der Waals surface area (Å²) >= 11 is 7.68. The number of halogens is 1. The molecule has 4 nitrogen and oxygen atoms in total. The molecule has 0 amide bonds. The highest BCUT2D eigenvalue weighted by atomic mass is 35.5. The molecule has 0 aliphatic heterocycles. The van der Waals surface area contributed by atoms with Gasteiger partial charge in [-0.1, -0.05) is 11.6 Å². The quantitative estimate of drug-likeness (QED) is 0.875. The summed E-state index contributed by atoms with van der Waals surface area (Å²) in [6.45, 7) is 7.86. The average molecular weight is 283 g/mol. The molecule has 0 aliphatic carbocycles. The molecule has 2 rings (SSSR count). The van der Waals surface area contributed by atoms with Gasteiger partial charge in [-0.2, -0.15) is 0 Å². The molecular formula is C12H15ClN4S. The van der Waals surface area contributed by atoms with Crippen LogP contribution in [0.4, 0.5) is 5.82 Å². The molecule has 0 aromatic carbocycles. The van der Waals surface area contributed by atoms with Gasteiger partial charge in [-0.25, -0.2) is 15.0 Å². The van der Waals surface area contributed by atoms with Crippen LogP contribution in [0.1, 0.15) is 30.2 Å². The van der Waals surface area contributed by atoms with Gasteiger partial charge in [0.15, 0.2) is 0 Å². The highest BCUT2D eigenvalue weighted by molar-refractivity contribution is 7.09. The first-order valence-corrected chi connectivity index (χ1v) is 6.85. The third-order valence-corrected chi connectivity index (χ3v) is 4.06. The summed E-state index contributed by atoms with van der Waals surface area (Å²) in [5, 5.41) is 6.84. The van der Waals surface area contributed by atoms with Crippen molar-refractivity contribution in [3.05, 3.63) is 33.1 Å². The number of nitrogens with one attached hydrogen (secondary N) is 1. The van der Waals surface area contributed by atoms with Crippen molar-refractivity contribution in [2.45, 2.75) is 33.2 Å². The van der Waals surface area contributed by atoms with Crippen LogP contribution in [-0.2, 0) is 5.54 Å². The first kappa shape index (κ1) is 13.2. The molecular weight excluding hydrogens is 268 g/mol. The molecule has 0 aliphatic rings. The van der Waals surface area contributed by atoms with Gasteiger partial charge in [0, 0.05) is 17.1 Å². The number of hydrogen-bond donors (Lipinski definition) is 1. The SMILES string of the molecule is Cc1nc(Cl)c(C)c(NC(C)(C)c2nccs2)n1. The summed E-state index contributed by atoms with van der Waals surface area (Å²) in [4.78, 5) is 12.9. The highest BCUT2D eigenvalue weighted by Crippen LogP contribution is 2.29. The summed E-state index contributed by atoms with van der Waals surface area (Å²) < 4.78 is 0. The van der Waals surface area contributed by atoms with E-state index >= 15 is 0 Å². The summed E-state index contributed by atoms with van der Waals surface area (Å²) in [5.41, 5.74) is 0.565. The van der Waals surface area contributed by atoms with E-state index in [2.05, 4.69) is 34.1 Å². The van der Waals surface area contributed by atoms with Crippen molar-refractivity contribution in [3.63, 3.8) is 0 Å². The van der Waals surface area contributed by atoms with Crippen molar-refractivity contribution in [3.8, 4) is 0 Å². The third kappa shape index (κ3) is 2.62. The second kappa shape index (κ2) is 4.82. The lowest BCUT2D eigenvalue weighted by atomic mass is 10.1. The molecule has 2 aromatic heterocycles. The maximum atomic E-state index is 6.07. The predicted octanol–water partition coefficient (Wildman–Crippen LogP) is 3.55. The normalized spacial score (nSPS) is 11.6. The van der Waals surface area contributed by atoms with E-state index in [1.807, 2.05) is 19.2 Å². The highest BCUT2D eigenvalue weighted by Gasteiger charge is 2.24. The van der Waals surface area contributed by atoms with Gasteiger partial charge in [0.2, 0.25) is 0 Å². The Morgan fingerprint density at radius 3 is 2.61 bits per heavy atom. The van der Waals surface area contributed by atoms with E-state index in [-0.39, 0.29) is 5.54 Å². The Balaban J connectivity index is 2.35. The average Bonchev–Trinajstić information content (AvgIpc) is 2.78. The molecule has 0 atom stereocenters. The summed E-state index contributed by atoms with van der Waals surface area (Å²) in [5.74, 6) is 1.41. The zero-order chi connectivity index (χ0) is 13.3. The Hall–Kier alpha value is -1.20. The summed E-state index contributed by atoms with van der Waals surface area (Å²) in [7, 11) is 0. The van der Waals surface area contributed by atoms with Crippen molar-refractivity contribution in [1.29, 1.82) is 0 Å². The second-order valence-electron chi connectivity index (χ2n) is 4.62. The fourth-order valence-electron chi connectivity index (χ4n) is 1.60. The molecule has 2 aromatic rings. The molecule has 0 fully saturated rings. The number of aryl methyl sites for hydroxylation is 1. The van der Waals surface area contributed by atoms with Gasteiger partial charge in [0.05, 0.1) is 5.54 Å². The monoisotopic (exact) mass is 282 g/mol. The molecule has 0 bridgehead atoms. The van der Waals surface area contributed by atoms with E-state index in [4.69, 9.17) is 11.6 Å². The topological polar surface area (TPSA) is 50.7 Å². The number of aromatic nitrogens is 3. The Kier molecular flexibility index (Phi) is 3.54. The number of hydrogen-bond acceptors (Lipinski definition) is 5. The Bertz CT molecular complexity index is 551. The van der Waals surface area contributed by atoms with Crippen molar-refractivity contribution >= 4 is 28.8 Å². The molecule has 18 heavy (non-hydrogen) atoms. The van der Waals surface area contributed by atoms with Crippen LogP contribution in [0.5, 0.6) is 0 Å². The van der Waals surface area contributed by atoms with Crippen LogP contribution in [0.3, 0.4) is 0 Å². The van der Waals surface area contributed by atoms with E-state index in [0.717, 1.165) is 16.4 Å². The molecule has 0 unspecified atom stereocenters. The molecule has 1 N–H and O–H groups in total.